The lowest BCUT2D eigenvalue weighted by atomic mass is 9.73. The summed E-state index contributed by atoms with van der Waals surface area (Å²) in [6, 6.07) is 11.6. The largest absolute Gasteiger partial charge is 0.494 e. The standard InChI is InChI=1S/C35H41N3O6/c1-6-34-16-8-18-36(25-12-14-26(15-13-25)43-7-2)31(40)28(34)29-32(41)38(24(5)21-39)30-33(42)37(19-9-17-35(29,30)44-34)27-20-22(3)10-11-23(27)4/h8-17,20,24,28-30,39H,6-7,18-19,21H2,1-5H3/t24-,28+,29+,30?,34-,35+/m1/s1. The molecule has 2 aromatic rings. The molecule has 0 radical (unpaired) electrons. The molecular formula is C35H41N3O6. The van der Waals surface area contributed by atoms with Crippen molar-refractivity contribution in [1.82, 2.24) is 4.90 Å². The van der Waals surface area contributed by atoms with Crippen molar-refractivity contribution in [2.24, 2.45) is 11.8 Å². The third-order valence-electron chi connectivity index (χ3n) is 9.73. The number of carbonyl (C=O) groups excluding carboxylic acids is 3. The maximum atomic E-state index is 14.7. The van der Waals surface area contributed by atoms with Gasteiger partial charge in [0.15, 0.2) is 0 Å². The molecule has 2 aromatic carbocycles. The summed E-state index contributed by atoms with van der Waals surface area (Å²) in [6.45, 7) is 10.3. The fourth-order valence-electron chi connectivity index (χ4n) is 7.61. The molecule has 1 unspecified atom stereocenters. The molecule has 0 bridgehead atoms. The molecule has 44 heavy (non-hydrogen) atoms. The first-order chi connectivity index (χ1) is 21.1. The summed E-state index contributed by atoms with van der Waals surface area (Å²) in [4.78, 5) is 48.9. The highest BCUT2D eigenvalue weighted by atomic mass is 16.5. The summed E-state index contributed by atoms with van der Waals surface area (Å²) in [5, 5.41) is 10.3. The predicted octanol–water partition coefficient (Wildman–Crippen LogP) is 3.95. The highest BCUT2D eigenvalue weighted by Crippen LogP contribution is 2.59. The molecule has 0 aliphatic carbocycles. The number of aliphatic hydroxyl groups is 1. The van der Waals surface area contributed by atoms with E-state index in [4.69, 9.17) is 9.47 Å². The van der Waals surface area contributed by atoms with Crippen molar-refractivity contribution in [3.63, 3.8) is 0 Å². The van der Waals surface area contributed by atoms with Gasteiger partial charge in [-0.05, 0) is 75.6 Å². The normalized spacial score (nSPS) is 30.2. The first-order valence-corrected chi connectivity index (χ1v) is 15.5. The first-order valence-electron chi connectivity index (χ1n) is 15.5. The van der Waals surface area contributed by atoms with Crippen molar-refractivity contribution in [2.45, 2.75) is 64.3 Å². The van der Waals surface area contributed by atoms with Crippen LogP contribution in [0.15, 0.2) is 66.8 Å². The zero-order chi connectivity index (χ0) is 31.4. The topological polar surface area (TPSA) is 99.6 Å². The van der Waals surface area contributed by atoms with E-state index in [0.29, 0.717) is 37.6 Å². The molecule has 9 heteroatoms. The maximum Gasteiger partial charge on any atom is 0.253 e. The molecule has 1 spiro atoms. The number of fused-ring (bicyclic) bond motifs is 2. The van der Waals surface area contributed by atoms with Gasteiger partial charge in [0, 0.05) is 24.5 Å². The van der Waals surface area contributed by atoms with Crippen LogP contribution in [-0.4, -0.2) is 77.3 Å². The summed E-state index contributed by atoms with van der Waals surface area (Å²) in [5.74, 6) is -2.01. The Morgan fingerprint density at radius 3 is 2.32 bits per heavy atom. The minimum Gasteiger partial charge on any atom is -0.494 e. The SMILES string of the molecule is CCOc1ccc(N2CC=C[C@@]3(CC)O[C@]45C=CCN(c6cc(C)ccc6C)C(=O)C4N([C@H](C)CO)C(=O)[C@@H]5[C@H]3C2=O)cc1. The summed E-state index contributed by atoms with van der Waals surface area (Å²) in [5.41, 5.74) is 0.904. The molecule has 0 aromatic heterocycles. The molecule has 4 aliphatic rings. The number of amides is 3. The number of rotatable bonds is 7. The Kier molecular flexibility index (Phi) is 7.66. The minimum atomic E-state index is -1.40. The molecule has 4 aliphatic heterocycles. The molecule has 6 rings (SSSR count). The van der Waals surface area contributed by atoms with Crippen LogP contribution in [0.2, 0.25) is 0 Å². The van der Waals surface area contributed by atoms with Gasteiger partial charge in [0.05, 0.1) is 36.7 Å². The van der Waals surface area contributed by atoms with Gasteiger partial charge in [-0.15, -0.1) is 0 Å². The fourth-order valence-corrected chi connectivity index (χ4v) is 7.61. The Morgan fingerprint density at radius 2 is 1.64 bits per heavy atom. The lowest BCUT2D eigenvalue weighted by Gasteiger charge is -2.40. The van der Waals surface area contributed by atoms with Gasteiger partial charge in [0.2, 0.25) is 11.8 Å². The van der Waals surface area contributed by atoms with Crippen molar-refractivity contribution < 1.29 is 29.0 Å². The Bertz CT molecular complexity index is 1540. The number of hydrogen-bond acceptors (Lipinski definition) is 6. The van der Waals surface area contributed by atoms with Gasteiger partial charge in [0.25, 0.3) is 5.91 Å². The van der Waals surface area contributed by atoms with Crippen LogP contribution in [0.1, 0.15) is 38.3 Å². The van der Waals surface area contributed by atoms with Crippen LogP contribution >= 0.6 is 0 Å². The Labute approximate surface area is 258 Å². The van der Waals surface area contributed by atoms with Crippen LogP contribution in [-0.2, 0) is 19.1 Å². The van der Waals surface area contributed by atoms with E-state index in [1.165, 1.54) is 4.90 Å². The van der Waals surface area contributed by atoms with Crippen LogP contribution in [0.5, 0.6) is 5.75 Å². The van der Waals surface area contributed by atoms with Gasteiger partial charge in [0.1, 0.15) is 17.4 Å². The molecule has 232 valence electrons. The maximum absolute atomic E-state index is 14.7. The summed E-state index contributed by atoms with van der Waals surface area (Å²) >= 11 is 0. The molecule has 0 saturated carbocycles. The van der Waals surface area contributed by atoms with E-state index in [-0.39, 0.29) is 24.3 Å². The van der Waals surface area contributed by atoms with Crippen LogP contribution in [0, 0.1) is 25.7 Å². The zero-order valence-corrected chi connectivity index (χ0v) is 26.0. The smallest absolute Gasteiger partial charge is 0.253 e. The second-order valence-electron chi connectivity index (χ2n) is 12.3. The number of carbonyl (C=O) groups is 3. The number of anilines is 2. The molecule has 6 atom stereocenters. The Hall–Kier alpha value is -3.95. The van der Waals surface area contributed by atoms with E-state index in [2.05, 4.69) is 0 Å². The number of aliphatic hydroxyl groups excluding tert-OH is 1. The third kappa shape index (κ3) is 4.39. The lowest BCUT2D eigenvalue weighted by molar-refractivity contribution is -0.148. The number of benzene rings is 2. The lowest BCUT2D eigenvalue weighted by Crippen LogP contribution is -2.58. The molecule has 4 heterocycles. The number of nitrogens with zero attached hydrogens (tertiary/aromatic N) is 3. The second-order valence-corrected chi connectivity index (χ2v) is 12.3. The highest BCUT2D eigenvalue weighted by molar-refractivity contribution is 6.08. The van der Waals surface area contributed by atoms with Crippen LogP contribution in [0.3, 0.4) is 0 Å². The molecule has 2 saturated heterocycles. The van der Waals surface area contributed by atoms with E-state index in [0.717, 1.165) is 16.8 Å². The van der Waals surface area contributed by atoms with E-state index in [1.54, 1.807) is 16.7 Å². The monoisotopic (exact) mass is 599 g/mol. The Morgan fingerprint density at radius 1 is 0.932 bits per heavy atom. The molecule has 9 nitrogen and oxygen atoms in total. The van der Waals surface area contributed by atoms with Gasteiger partial charge >= 0.3 is 0 Å². The van der Waals surface area contributed by atoms with E-state index >= 15 is 0 Å². The van der Waals surface area contributed by atoms with Gasteiger partial charge in [-0.3, -0.25) is 14.4 Å². The van der Waals surface area contributed by atoms with Crippen molar-refractivity contribution in [1.29, 1.82) is 0 Å². The summed E-state index contributed by atoms with van der Waals surface area (Å²) in [6.07, 6.45) is 8.02. The predicted molar refractivity (Wildman–Crippen MR) is 168 cm³/mol. The van der Waals surface area contributed by atoms with Crippen LogP contribution in [0.4, 0.5) is 11.4 Å². The van der Waals surface area contributed by atoms with E-state index < -0.39 is 35.1 Å². The minimum absolute atomic E-state index is 0.232. The molecule has 2 fully saturated rings. The average Bonchev–Trinajstić information content (AvgIpc) is 3.32. The molecule has 1 N–H and O–H groups in total. The van der Waals surface area contributed by atoms with Crippen LogP contribution in [0.25, 0.3) is 0 Å². The number of aryl methyl sites for hydroxylation is 2. The quantitative estimate of drug-likeness (QED) is 0.484. The van der Waals surface area contributed by atoms with Gasteiger partial charge in [-0.1, -0.05) is 43.4 Å². The van der Waals surface area contributed by atoms with Crippen molar-refractivity contribution in [3.8, 4) is 5.75 Å². The fraction of sp³-hybridized carbons (Fsp3) is 0.457. The summed E-state index contributed by atoms with van der Waals surface area (Å²) < 4.78 is 12.7. The number of ether oxygens (including phenoxy) is 2. The number of hydrogen-bond donors (Lipinski definition) is 1. The molecule has 3 amide bonds. The van der Waals surface area contributed by atoms with Gasteiger partial charge in [-0.25, -0.2) is 0 Å². The Balaban J connectivity index is 1.48. The van der Waals surface area contributed by atoms with Gasteiger partial charge in [-0.2, -0.15) is 0 Å². The van der Waals surface area contributed by atoms with E-state index in [1.807, 2.05) is 94.5 Å². The van der Waals surface area contributed by atoms with Crippen LogP contribution < -0.4 is 14.5 Å². The van der Waals surface area contributed by atoms with Crippen molar-refractivity contribution in [2.75, 3.05) is 36.1 Å². The molecular weight excluding hydrogens is 558 g/mol. The third-order valence-corrected chi connectivity index (χ3v) is 9.73. The van der Waals surface area contributed by atoms with Crippen molar-refractivity contribution >= 4 is 29.1 Å². The summed E-state index contributed by atoms with van der Waals surface area (Å²) in [7, 11) is 0. The van der Waals surface area contributed by atoms with Crippen molar-refractivity contribution in [3.05, 3.63) is 77.9 Å². The highest BCUT2D eigenvalue weighted by Gasteiger charge is 2.75. The van der Waals surface area contributed by atoms with E-state index in [9.17, 15) is 19.5 Å². The second kappa shape index (κ2) is 11.2. The average molecular weight is 600 g/mol. The number of likely N-dealkylation sites (tertiary alicyclic amines) is 1. The van der Waals surface area contributed by atoms with Gasteiger partial charge < -0.3 is 29.3 Å². The first kappa shape index (κ1) is 30.1. The zero-order valence-electron chi connectivity index (χ0n) is 26.0.